The van der Waals surface area contributed by atoms with Gasteiger partial charge in [-0.2, -0.15) is 0 Å². The van der Waals surface area contributed by atoms with Crippen LogP contribution in [-0.2, 0) is 4.79 Å². The fourth-order valence-corrected chi connectivity index (χ4v) is 3.48. The minimum atomic E-state index is -0.249. The Labute approximate surface area is 154 Å². The average Bonchev–Trinajstić information content (AvgIpc) is 2.88. The van der Waals surface area contributed by atoms with Gasteiger partial charge in [0.2, 0.25) is 5.91 Å². The minimum Gasteiger partial charge on any atom is -0.497 e. The third-order valence-corrected chi connectivity index (χ3v) is 4.98. The van der Waals surface area contributed by atoms with Crippen LogP contribution in [0, 0.1) is 0 Å². The SMILES string of the molecule is COc1cc(NC(C)CCCN2C(=O)CNC2(C)C)c2ncccc2c1. The molecule has 3 rings (SSSR count). The Morgan fingerprint density at radius 2 is 2.23 bits per heavy atom. The largest absolute Gasteiger partial charge is 0.497 e. The molecular weight excluding hydrogens is 328 g/mol. The Bertz CT molecular complexity index is 790. The first-order valence-corrected chi connectivity index (χ1v) is 9.15. The number of anilines is 1. The third kappa shape index (κ3) is 3.90. The van der Waals surface area contributed by atoms with Gasteiger partial charge in [0.15, 0.2) is 0 Å². The van der Waals surface area contributed by atoms with Gasteiger partial charge in [0.25, 0.3) is 0 Å². The molecule has 1 aliphatic rings. The van der Waals surface area contributed by atoms with E-state index < -0.39 is 0 Å². The van der Waals surface area contributed by atoms with Gasteiger partial charge in [-0.05, 0) is 45.7 Å². The van der Waals surface area contributed by atoms with Crippen LogP contribution < -0.4 is 15.4 Å². The van der Waals surface area contributed by atoms with Gasteiger partial charge in [0.1, 0.15) is 5.75 Å². The summed E-state index contributed by atoms with van der Waals surface area (Å²) < 4.78 is 5.41. The molecule has 0 radical (unpaired) electrons. The number of fused-ring (bicyclic) bond motifs is 1. The molecule has 1 aromatic heterocycles. The first-order valence-electron chi connectivity index (χ1n) is 9.15. The molecule has 2 heterocycles. The molecule has 0 aliphatic carbocycles. The molecular formula is C20H28N4O2. The Hall–Kier alpha value is -2.34. The normalized spacial score (nSPS) is 17.5. The Morgan fingerprint density at radius 1 is 1.42 bits per heavy atom. The van der Waals surface area contributed by atoms with E-state index in [9.17, 15) is 4.79 Å². The molecule has 1 aromatic carbocycles. The van der Waals surface area contributed by atoms with Crippen LogP contribution in [0.5, 0.6) is 5.75 Å². The van der Waals surface area contributed by atoms with Gasteiger partial charge in [-0.25, -0.2) is 0 Å². The smallest absolute Gasteiger partial charge is 0.238 e. The molecule has 6 nitrogen and oxygen atoms in total. The van der Waals surface area contributed by atoms with Crippen LogP contribution in [0.1, 0.15) is 33.6 Å². The van der Waals surface area contributed by atoms with E-state index >= 15 is 0 Å². The molecule has 1 saturated heterocycles. The zero-order chi connectivity index (χ0) is 18.7. The summed E-state index contributed by atoms with van der Waals surface area (Å²) in [6.07, 6.45) is 3.71. The van der Waals surface area contributed by atoms with Crippen LogP contribution in [0.4, 0.5) is 5.69 Å². The fraction of sp³-hybridized carbons (Fsp3) is 0.500. The molecule has 0 bridgehead atoms. The lowest BCUT2D eigenvalue weighted by Gasteiger charge is -2.31. The molecule has 2 aromatic rings. The van der Waals surface area contributed by atoms with Crippen molar-refractivity contribution in [3.63, 3.8) is 0 Å². The van der Waals surface area contributed by atoms with Crippen molar-refractivity contribution in [2.75, 3.05) is 25.5 Å². The van der Waals surface area contributed by atoms with E-state index in [1.165, 1.54) is 0 Å². The van der Waals surface area contributed by atoms with Crippen molar-refractivity contribution in [1.82, 2.24) is 15.2 Å². The molecule has 26 heavy (non-hydrogen) atoms. The molecule has 1 fully saturated rings. The summed E-state index contributed by atoms with van der Waals surface area (Å²) in [5.41, 5.74) is 1.67. The van der Waals surface area contributed by atoms with Crippen LogP contribution in [0.25, 0.3) is 10.9 Å². The number of hydrogen-bond donors (Lipinski definition) is 2. The highest BCUT2D eigenvalue weighted by Crippen LogP contribution is 2.28. The summed E-state index contributed by atoms with van der Waals surface area (Å²) in [7, 11) is 1.67. The molecule has 6 heteroatoms. The Kier molecular flexibility index (Phi) is 5.32. The second kappa shape index (κ2) is 7.50. The maximum atomic E-state index is 12.0. The van der Waals surface area contributed by atoms with Gasteiger partial charge in [-0.1, -0.05) is 6.07 Å². The van der Waals surface area contributed by atoms with Crippen molar-refractivity contribution in [3.05, 3.63) is 30.5 Å². The Morgan fingerprint density at radius 3 is 2.92 bits per heavy atom. The number of methoxy groups -OCH3 is 1. The number of nitrogens with one attached hydrogen (secondary N) is 2. The molecule has 140 valence electrons. The molecule has 1 unspecified atom stereocenters. The number of carbonyl (C=O) groups excluding carboxylic acids is 1. The van der Waals surface area contributed by atoms with E-state index in [0.717, 1.165) is 41.7 Å². The van der Waals surface area contributed by atoms with Crippen molar-refractivity contribution < 1.29 is 9.53 Å². The Balaban J connectivity index is 1.62. The summed E-state index contributed by atoms with van der Waals surface area (Å²) in [4.78, 5) is 18.4. The number of amides is 1. The monoisotopic (exact) mass is 356 g/mol. The average molecular weight is 356 g/mol. The van der Waals surface area contributed by atoms with Crippen LogP contribution in [0.2, 0.25) is 0 Å². The van der Waals surface area contributed by atoms with Gasteiger partial charge < -0.3 is 15.0 Å². The first kappa shape index (κ1) is 18.5. The lowest BCUT2D eigenvalue weighted by atomic mass is 10.1. The van der Waals surface area contributed by atoms with Crippen LogP contribution in [0.3, 0.4) is 0 Å². The maximum absolute atomic E-state index is 12.0. The molecule has 1 atom stereocenters. The van der Waals surface area contributed by atoms with Crippen LogP contribution >= 0.6 is 0 Å². The number of benzene rings is 1. The molecule has 1 aliphatic heterocycles. The van der Waals surface area contributed by atoms with Gasteiger partial charge in [-0.3, -0.25) is 15.1 Å². The van der Waals surface area contributed by atoms with E-state index in [1.54, 1.807) is 13.3 Å². The summed E-state index contributed by atoms with van der Waals surface area (Å²) in [5.74, 6) is 0.995. The van der Waals surface area contributed by atoms with Gasteiger partial charge in [-0.15, -0.1) is 0 Å². The number of carbonyl (C=O) groups is 1. The summed E-state index contributed by atoms with van der Waals surface area (Å²) >= 11 is 0. The van der Waals surface area contributed by atoms with Crippen molar-refractivity contribution in [3.8, 4) is 5.75 Å². The van der Waals surface area contributed by atoms with Crippen molar-refractivity contribution in [2.45, 2.75) is 45.3 Å². The van der Waals surface area contributed by atoms with Gasteiger partial charge in [0, 0.05) is 30.2 Å². The fourth-order valence-electron chi connectivity index (χ4n) is 3.48. The maximum Gasteiger partial charge on any atom is 0.238 e. The number of pyridine rings is 1. The lowest BCUT2D eigenvalue weighted by molar-refractivity contribution is -0.129. The van der Waals surface area contributed by atoms with Crippen LogP contribution in [0.15, 0.2) is 30.5 Å². The number of nitrogens with zero attached hydrogens (tertiary/aromatic N) is 2. The number of ether oxygens (including phenoxy) is 1. The number of rotatable bonds is 7. The van der Waals surface area contributed by atoms with Gasteiger partial charge >= 0.3 is 0 Å². The van der Waals surface area contributed by atoms with E-state index in [-0.39, 0.29) is 17.6 Å². The highest BCUT2D eigenvalue weighted by molar-refractivity contribution is 5.91. The summed E-state index contributed by atoms with van der Waals surface area (Å²) in [6, 6.07) is 8.21. The summed E-state index contributed by atoms with van der Waals surface area (Å²) in [6.45, 7) is 7.45. The molecule has 2 N–H and O–H groups in total. The summed E-state index contributed by atoms with van der Waals surface area (Å²) in [5, 5.41) is 7.85. The minimum absolute atomic E-state index is 0.179. The second-order valence-electron chi connectivity index (χ2n) is 7.40. The zero-order valence-corrected chi connectivity index (χ0v) is 16.0. The molecule has 0 spiro atoms. The molecule has 0 saturated carbocycles. The van der Waals surface area contributed by atoms with Crippen LogP contribution in [-0.4, -0.2) is 47.7 Å². The van der Waals surface area contributed by atoms with Gasteiger partial charge in [0.05, 0.1) is 30.5 Å². The highest BCUT2D eigenvalue weighted by atomic mass is 16.5. The predicted octanol–water partition coefficient (Wildman–Crippen LogP) is 2.99. The number of hydrogen-bond acceptors (Lipinski definition) is 5. The predicted molar refractivity (Wildman–Crippen MR) is 104 cm³/mol. The highest BCUT2D eigenvalue weighted by Gasteiger charge is 2.36. The standard InChI is InChI=1S/C20H28N4O2/c1-14(7-6-10-24-18(25)13-22-20(24,2)3)23-17-12-16(26-4)11-15-8-5-9-21-19(15)17/h5,8-9,11-12,14,22-23H,6-7,10,13H2,1-4H3. The van der Waals surface area contributed by atoms with E-state index in [1.807, 2.05) is 43.0 Å². The van der Waals surface area contributed by atoms with E-state index in [0.29, 0.717) is 6.54 Å². The molecule has 1 amide bonds. The first-order chi connectivity index (χ1) is 12.4. The number of aromatic nitrogens is 1. The third-order valence-electron chi connectivity index (χ3n) is 4.98. The quantitative estimate of drug-likeness (QED) is 0.798. The second-order valence-corrected chi connectivity index (χ2v) is 7.40. The van der Waals surface area contributed by atoms with Crippen molar-refractivity contribution >= 4 is 22.5 Å². The van der Waals surface area contributed by atoms with Crippen molar-refractivity contribution in [1.29, 1.82) is 0 Å². The topological polar surface area (TPSA) is 66.5 Å². The van der Waals surface area contributed by atoms with Crippen molar-refractivity contribution in [2.24, 2.45) is 0 Å². The lowest BCUT2D eigenvalue weighted by Crippen LogP contribution is -2.47. The zero-order valence-electron chi connectivity index (χ0n) is 16.0. The van der Waals surface area contributed by atoms with E-state index in [2.05, 4.69) is 22.5 Å². The van der Waals surface area contributed by atoms with E-state index in [4.69, 9.17) is 4.74 Å².